The van der Waals surface area contributed by atoms with Gasteiger partial charge in [-0.15, -0.1) is 11.8 Å². The molecule has 2 amide bonds. The first-order chi connectivity index (χ1) is 15.4. The predicted octanol–water partition coefficient (Wildman–Crippen LogP) is 2.12. The maximum absolute atomic E-state index is 13.0. The Morgan fingerprint density at radius 2 is 1.91 bits per heavy atom. The lowest BCUT2D eigenvalue weighted by Crippen LogP contribution is -2.43. The molecular formula is C21H22ClN3O5S2. The second kappa shape index (κ2) is 9.80. The highest BCUT2D eigenvalue weighted by Gasteiger charge is 2.31. The second-order valence-electron chi connectivity index (χ2n) is 7.28. The first-order valence-electron chi connectivity index (χ1n) is 10.0. The van der Waals surface area contributed by atoms with E-state index in [9.17, 15) is 18.0 Å². The molecule has 0 saturated carbocycles. The van der Waals surface area contributed by atoms with E-state index in [2.05, 4.69) is 5.32 Å². The van der Waals surface area contributed by atoms with Crippen LogP contribution in [0.1, 0.15) is 5.56 Å². The van der Waals surface area contributed by atoms with Crippen LogP contribution in [0.4, 0.5) is 5.69 Å². The van der Waals surface area contributed by atoms with E-state index in [0.717, 1.165) is 10.5 Å². The number of anilines is 1. The van der Waals surface area contributed by atoms with Gasteiger partial charge in [0, 0.05) is 29.6 Å². The summed E-state index contributed by atoms with van der Waals surface area (Å²) in [6.07, 6.45) is 0. The van der Waals surface area contributed by atoms with Crippen LogP contribution in [0.3, 0.4) is 0 Å². The van der Waals surface area contributed by atoms with Crippen LogP contribution in [-0.2, 0) is 30.9 Å². The molecule has 4 rings (SSSR count). The summed E-state index contributed by atoms with van der Waals surface area (Å²) in [4.78, 5) is 27.4. The second-order valence-corrected chi connectivity index (χ2v) is 10.6. The van der Waals surface area contributed by atoms with Gasteiger partial charge >= 0.3 is 0 Å². The monoisotopic (exact) mass is 495 g/mol. The number of thioether (sulfide) groups is 1. The fraction of sp³-hybridized carbons (Fsp3) is 0.333. The summed E-state index contributed by atoms with van der Waals surface area (Å²) in [5, 5.41) is 3.31. The molecule has 2 heterocycles. The third kappa shape index (κ3) is 4.94. The third-order valence-electron chi connectivity index (χ3n) is 5.22. The van der Waals surface area contributed by atoms with Gasteiger partial charge in [-0.05, 0) is 29.8 Å². The molecule has 2 aromatic carbocycles. The normalized spacial score (nSPS) is 17.2. The molecule has 2 aliphatic rings. The summed E-state index contributed by atoms with van der Waals surface area (Å²) < 4.78 is 32.7. The van der Waals surface area contributed by atoms with Crippen molar-refractivity contribution in [2.75, 3.05) is 43.5 Å². The number of carbonyl (C=O) groups excluding carboxylic acids is 2. The standard InChI is InChI=1S/C21H22ClN3O5S2/c22-17-4-2-1-3-15(17)12-23-20(26)13-25-18-11-16(5-6-19(18)31-14-21(25)27)32(28,29)24-7-9-30-10-8-24/h1-6,11H,7-10,12-14H2,(H,23,26). The summed E-state index contributed by atoms with van der Waals surface area (Å²) in [7, 11) is -3.73. The maximum atomic E-state index is 13.0. The molecule has 0 unspecified atom stereocenters. The number of fused-ring (bicyclic) bond motifs is 1. The SMILES string of the molecule is O=C(CN1C(=O)CSc2ccc(S(=O)(=O)N3CCOCC3)cc21)NCc1ccccc1Cl. The number of ether oxygens (including phenoxy) is 1. The van der Waals surface area contributed by atoms with Crippen molar-refractivity contribution in [2.45, 2.75) is 16.3 Å². The van der Waals surface area contributed by atoms with E-state index < -0.39 is 10.0 Å². The number of hydrogen-bond donors (Lipinski definition) is 1. The van der Waals surface area contributed by atoms with Crippen molar-refractivity contribution >= 4 is 50.9 Å². The first-order valence-corrected chi connectivity index (χ1v) is 12.8. The number of carbonyl (C=O) groups is 2. The number of halogens is 1. The zero-order valence-electron chi connectivity index (χ0n) is 17.1. The van der Waals surface area contributed by atoms with Crippen LogP contribution < -0.4 is 10.2 Å². The number of nitrogens with zero attached hydrogens (tertiary/aromatic N) is 2. The molecule has 11 heteroatoms. The number of amides is 2. The van der Waals surface area contributed by atoms with Crippen molar-refractivity contribution < 1.29 is 22.7 Å². The zero-order chi connectivity index (χ0) is 22.7. The van der Waals surface area contributed by atoms with Crippen molar-refractivity contribution in [3.63, 3.8) is 0 Å². The molecule has 0 bridgehead atoms. The number of morpholine rings is 1. The Bertz CT molecular complexity index is 1140. The van der Waals surface area contributed by atoms with Gasteiger partial charge in [0.1, 0.15) is 6.54 Å². The number of nitrogens with one attached hydrogen (secondary N) is 1. The summed E-state index contributed by atoms with van der Waals surface area (Å²) in [6.45, 7) is 1.26. The Morgan fingerprint density at radius 1 is 1.16 bits per heavy atom. The quantitative estimate of drug-likeness (QED) is 0.659. The Balaban J connectivity index is 1.53. The van der Waals surface area contributed by atoms with Crippen molar-refractivity contribution in [3.8, 4) is 0 Å². The van der Waals surface area contributed by atoms with E-state index in [1.165, 1.54) is 27.0 Å². The molecule has 1 fully saturated rings. The van der Waals surface area contributed by atoms with Crippen LogP contribution in [0.15, 0.2) is 52.3 Å². The van der Waals surface area contributed by atoms with E-state index in [1.807, 2.05) is 12.1 Å². The predicted molar refractivity (Wildman–Crippen MR) is 122 cm³/mol. The smallest absolute Gasteiger partial charge is 0.243 e. The fourth-order valence-electron chi connectivity index (χ4n) is 3.49. The molecule has 0 aliphatic carbocycles. The minimum absolute atomic E-state index is 0.0925. The highest BCUT2D eigenvalue weighted by molar-refractivity contribution is 8.00. The Labute approximate surface area is 195 Å². The molecular weight excluding hydrogens is 474 g/mol. The average Bonchev–Trinajstić information content (AvgIpc) is 2.80. The molecule has 0 radical (unpaired) electrons. The van der Waals surface area contributed by atoms with Crippen LogP contribution in [-0.4, -0.2) is 63.1 Å². The molecule has 1 N–H and O–H groups in total. The van der Waals surface area contributed by atoms with Gasteiger partial charge in [-0.1, -0.05) is 29.8 Å². The summed E-state index contributed by atoms with van der Waals surface area (Å²) in [5.74, 6) is -0.436. The van der Waals surface area contributed by atoms with Gasteiger partial charge in [-0.2, -0.15) is 4.31 Å². The zero-order valence-corrected chi connectivity index (χ0v) is 19.5. The summed E-state index contributed by atoms with van der Waals surface area (Å²) in [6, 6.07) is 11.9. The number of rotatable bonds is 6. The molecule has 1 saturated heterocycles. The highest BCUT2D eigenvalue weighted by Crippen LogP contribution is 2.37. The largest absolute Gasteiger partial charge is 0.379 e. The highest BCUT2D eigenvalue weighted by atomic mass is 35.5. The van der Waals surface area contributed by atoms with Crippen LogP contribution in [0, 0.1) is 0 Å². The number of benzene rings is 2. The Hall–Kier alpha value is -2.11. The van der Waals surface area contributed by atoms with Gasteiger partial charge in [0.15, 0.2) is 0 Å². The van der Waals surface area contributed by atoms with Crippen LogP contribution in [0.25, 0.3) is 0 Å². The van der Waals surface area contributed by atoms with E-state index in [0.29, 0.717) is 23.9 Å². The molecule has 2 aliphatic heterocycles. The van der Waals surface area contributed by atoms with E-state index in [1.54, 1.807) is 24.3 Å². The Kier molecular flexibility index (Phi) is 7.06. The number of sulfonamides is 1. The van der Waals surface area contributed by atoms with Gasteiger partial charge in [0.2, 0.25) is 21.8 Å². The van der Waals surface area contributed by atoms with Crippen LogP contribution in [0.2, 0.25) is 5.02 Å². The molecule has 8 nitrogen and oxygen atoms in total. The molecule has 0 atom stereocenters. The van der Waals surface area contributed by atoms with Crippen molar-refractivity contribution in [1.82, 2.24) is 9.62 Å². The molecule has 2 aromatic rings. The molecule has 0 aromatic heterocycles. The van der Waals surface area contributed by atoms with Gasteiger partial charge in [0.05, 0.1) is 29.5 Å². The maximum Gasteiger partial charge on any atom is 0.243 e. The van der Waals surface area contributed by atoms with Gasteiger partial charge < -0.3 is 15.0 Å². The van der Waals surface area contributed by atoms with E-state index in [4.69, 9.17) is 16.3 Å². The minimum Gasteiger partial charge on any atom is -0.379 e. The third-order valence-corrected chi connectivity index (χ3v) is 8.53. The fourth-order valence-corrected chi connectivity index (χ4v) is 6.03. The lowest BCUT2D eigenvalue weighted by molar-refractivity contribution is -0.123. The molecule has 0 spiro atoms. The minimum atomic E-state index is -3.73. The Morgan fingerprint density at radius 3 is 2.66 bits per heavy atom. The van der Waals surface area contributed by atoms with Crippen molar-refractivity contribution in [2.24, 2.45) is 0 Å². The number of hydrogen-bond acceptors (Lipinski definition) is 6. The van der Waals surface area contributed by atoms with Crippen LogP contribution in [0.5, 0.6) is 0 Å². The first kappa shape index (κ1) is 23.1. The molecule has 32 heavy (non-hydrogen) atoms. The average molecular weight is 496 g/mol. The topological polar surface area (TPSA) is 96.0 Å². The van der Waals surface area contributed by atoms with Gasteiger partial charge in [-0.3, -0.25) is 9.59 Å². The lowest BCUT2D eigenvalue weighted by Gasteiger charge is -2.30. The molecule has 170 valence electrons. The summed E-state index contributed by atoms with van der Waals surface area (Å²) >= 11 is 7.45. The van der Waals surface area contributed by atoms with Crippen LogP contribution >= 0.6 is 23.4 Å². The lowest BCUT2D eigenvalue weighted by atomic mass is 10.2. The summed E-state index contributed by atoms with van der Waals surface area (Å²) in [5.41, 5.74) is 1.19. The van der Waals surface area contributed by atoms with Gasteiger partial charge in [0.25, 0.3) is 0 Å². The van der Waals surface area contributed by atoms with Crippen molar-refractivity contribution in [3.05, 3.63) is 53.1 Å². The van der Waals surface area contributed by atoms with E-state index in [-0.39, 0.29) is 48.6 Å². The van der Waals surface area contributed by atoms with Crippen molar-refractivity contribution in [1.29, 1.82) is 0 Å². The van der Waals surface area contributed by atoms with Gasteiger partial charge in [-0.25, -0.2) is 8.42 Å². The van der Waals surface area contributed by atoms with E-state index >= 15 is 0 Å².